The molecule has 19 heavy (non-hydrogen) atoms. The van der Waals surface area contributed by atoms with Crippen molar-refractivity contribution in [3.63, 3.8) is 0 Å². The van der Waals surface area contributed by atoms with E-state index in [-0.39, 0.29) is 10.9 Å². The molecule has 1 aliphatic rings. The number of ether oxygens (including phenoxy) is 2. The highest BCUT2D eigenvalue weighted by atomic mass is 79.9. The molecule has 0 spiro atoms. The molecule has 0 radical (unpaired) electrons. The quantitative estimate of drug-likeness (QED) is 0.638. The molecule has 0 aliphatic carbocycles. The van der Waals surface area contributed by atoms with Crippen LogP contribution in [0.2, 0.25) is 0 Å². The zero-order valence-corrected chi connectivity index (χ0v) is 14.4. The Bertz CT molecular complexity index is 403. The summed E-state index contributed by atoms with van der Waals surface area (Å²) in [5.41, 5.74) is 1.24. The van der Waals surface area contributed by atoms with Crippen LogP contribution in [0.3, 0.4) is 0 Å². The van der Waals surface area contributed by atoms with E-state index in [4.69, 9.17) is 9.47 Å². The van der Waals surface area contributed by atoms with Crippen molar-refractivity contribution in [1.82, 2.24) is 0 Å². The molecule has 2 nitrogen and oxygen atoms in total. The molecule has 0 N–H and O–H groups in total. The van der Waals surface area contributed by atoms with E-state index in [9.17, 15) is 0 Å². The van der Waals surface area contributed by atoms with E-state index in [1.54, 1.807) is 0 Å². The van der Waals surface area contributed by atoms with Gasteiger partial charge in [-0.05, 0) is 59.3 Å². The van der Waals surface area contributed by atoms with Crippen molar-refractivity contribution in [2.75, 3.05) is 13.2 Å². The van der Waals surface area contributed by atoms with E-state index in [0.29, 0.717) is 0 Å². The van der Waals surface area contributed by atoms with Gasteiger partial charge < -0.3 is 9.47 Å². The normalized spacial score (nSPS) is 21.1. The van der Waals surface area contributed by atoms with Gasteiger partial charge in [-0.15, -0.1) is 0 Å². The molecule has 2 atom stereocenters. The second-order valence-electron chi connectivity index (χ2n) is 4.85. The van der Waals surface area contributed by atoms with Crippen molar-refractivity contribution in [2.24, 2.45) is 0 Å². The summed E-state index contributed by atoms with van der Waals surface area (Å²) in [7, 11) is 0. The van der Waals surface area contributed by atoms with Gasteiger partial charge in [-0.3, -0.25) is 0 Å². The molecule has 4 heteroatoms. The first-order chi connectivity index (χ1) is 9.22. The van der Waals surface area contributed by atoms with Crippen molar-refractivity contribution in [1.29, 1.82) is 0 Å². The van der Waals surface area contributed by atoms with Crippen LogP contribution < -0.4 is 4.74 Å². The van der Waals surface area contributed by atoms with Crippen LogP contribution in [0.5, 0.6) is 5.75 Å². The summed E-state index contributed by atoms with van der Waals surface area (Å²) in [6.45, 7) is 3.74. The SMILES string of the molecule is CCCOc1ccc(C(Br)C2CCCCO2)cc1Br. The Morgan fingerprint density at radius 1 is 1.42 bits per heavy atom. The van der Waals surface area contributed by atoms with E-state index in [1.807, 2.05) is 6.07 Å². The molecule has 2 unspecified atom stereocenters. The van der Waals surface area contributed by atoms with Gasteiger partial charge in [0.05, 0.1) is 22.0 Å². The van der Waals surface area contributed by atoms with E-state index in [0.717, 1.165) is 36.3 Å². The summed E-state index contributed by atoms with van der Waals surface area (Å²) >= 11 is 7.36. The third kappa shape index (κ3) is 4.20. The minimum absolute atomic E-state index is 0.254. The number of halogens is 2. The van der Waals surface area contributed by atoms with Crippen LogP contribution in [-0.4, -0.2) is 19.3 Å². The van der Waals surface area contributed by atoms with Gasteiger partial charge in [0, 0.05) is 6.61 Å². The van der Waals surface area contributed by atoms with Crippen molar-refractivity contribution >= 4 is 31.9 Å². The van der Waals surface area contributed by atoms with Crippen molar-refractivity contribution in [2.45, 2.75) is 43.5 Å². The first-order valence-corrected chi connectivity index (χ1v) is 8.61. The molecular weight excluding hydrogens is 372 g/mol. The third-order valence-corrected chi connectivity index (χ3v) is 5.02. The highest BCUT2D eigenvalue weighted by Gasteiger charge is 2.24. The molecule has 106 valence electrons. The minimum atomic E-state index is 0.254. The first kappa shape index (κ1) is 15.3. The summed E-state index contributed by atoms with van der Waals surface area (Å²) in [6, 6.07) is 6.28. The fourth-order valence-corrected chi connectivity index (χ4v) is 3.44. The summed E-state index contributed by atoms with van der Waals surface area (Å²) < 4.78 is 12.5. The Hall–Kier alpha value is -0.0600. The lowest BCUT2D eigenvalue weighted by Crippen LogP contribution is -2.23. The fourth-order valence-electron chi connectivity index (χ4n) is 2.23. The van der Waals surface area contributed by atoms with E-state index in [2.05, 4.69) is 50.9 Å². The van der Waals surface area contributed by atoms with Crippen LogP contribution in [0.4, 0.5) is 0 Å². The molecule has 1 heterocycles. The Labute approximate surface area is 132 Å². The summed E-state index contributed by atoms with van der Waals surface area (Å²) in [6.07, 6.45) is 4.87. The maximum absolute atomic E-state index is 5.84. The molecule has 1 saturated heterocycles. The van der Waals surface area contributed by atoms with Crippen LogP contribution >= 0.6 is 31.9 Å². The number of rotatable bonds is 5. The molecule has 1 fully saturated rings. The van der Waals surface area contributed by atoms with Crippen molar-refractivity contribution in [3.05, 3.63) is 28.2 Å². The lowest BCUT2D eigenvalue weighted by molar-refractivity contribution is 0.0160. The van der Waals surface area contributed by atoms with Crippen LogP contribution in [0.25, 0.3) is 0 Å². The second-order valence-corrected chi connectivity index (χ2v) is 6.69. The van der Waals surface area contributed by atoms with Crippen LogP contribution in [-0.2, 0) is 4.74 Å². The van der Waals surface area contributed by atoms with Gasteiger partial charge in [-0.2, -0.15) is 0 Å². The fraction of sp³-hybridized carbons (Fsp3) is 0.600. The summed E-state index contributed by atoms with van der Waals surface area (Å²) in [5, 5.41) is 0. The van der Waals surface area contributed by atoms with Crippen LogP contribution in [0, 0.1) is 0 Å². The van der Waals surface area contributed by atoms with E-state index >= 15 is 0 Å². The Morgan fingerprint density at radius 3 is 2.89 bits per heavy atom. The predicted octanol–water partition coefficient (Wildman–Crippen LogP) is 5.24. The Balaban J connectivity index is 2.05. The van der Waals surface area contributed by atoms with Gasteiger partial charge in [0.2, 0.25) is 0 Å². The predicted molar refractivity (Wildman–Crippen MR) is 85.2 cm³/mol. The monoisotopic (exact) mass is 390 g/mol. The van der Waals surface area contributed by atoms with Gasteiger partial charge in [-0.25, -0.2) is 0 Å². The summed E-state index contributed by atoms with van der Waals surface area (Å²) in [4.78, 5) is 0.254. The molecule has 1 aliphatic heterocycles. The number of hydrogen-bond donors (Lipinski definition) is 0. The smallest absolute Gasteiger partial charge is 0.133 e. The Kier molecular flexibility index (Phi) is 6.17. The van der Waals surface area contributed by atoms with Gasteiger partial charge in [0.1, 0.15) is 5.75 Å². The van der Waals surface area contributed by atoms with Gasteiger partial charge >= 0.3 is 0 Å². The zero-order chi connectivity index (χ0) is 13.7. The molecule has 0 saturated carbocycles. The maximum atomic E-state index is 5.84. The largest absolute Gasteiger partial charge is 0.492 e. The van der Waals surface area contributed by atoms with Crippen molar-refractivity contribution < 1.29 is 9.47 Å². The number of benzene rings is 1. The van der Waals surface area contributed by atoms with E-state index in [1.165, 1.54) is 18.4 Å². The molecule has 1 aromatic carbocycles. The van der Waals surface area contributed by atoms with E-state index < -0.39 is 0 Å². The highest BCUT2D eigenvalue weighted by Crippen LogP contribution is 2.36. The maximum Gasteiger partial charge on any atom is 0.133 e. The lowest BCUT2D eigenvalue weighted by atomic mass is 10.0. The van der Waals surface area contributed by atoms with Gasteiger partial charge in [-0.1, -0.05) is 28.9 Å². The average Bonchev–Trinajstić information content (AvgIpc) is 2.46. The topological polar surface area (TPSA) is 18.5 Å². The third-order valence-electron chi connectivity index (χ3n) is 3.28. The summed E-state index contributed by atoms with van der Waals surface area (Å²) in [5.74, 6) is 0.912. The molecule has 0 amide bonds. The van der Waals surface area contributed by atoms with Crippen LogP contribution in [0.15, 0.2) is 22.7 Å². The van der Waals surface area contributed by atoms with Gasteiger partial charge in [0.15, 0.2) is 0 Å². The zero-order valence-electron chi connectivity index (χ0n) is 11.2. The van der Waals surface area contributed by atoms with Crippen molar-refractivity contribution in [3.8, 4) is 5.75 Å². The molecule has 0 bridgehead atoms. The number of alkyl halides is 1. The standard InChI is InChI=1S/C15H20Br2O2/c1-2-8-18-13-7-6-11(10-12(13)16)15(17)14-5-3-4-9-19-14/h6-7,10,14-15H,2-5,8-9H2,1H3. The molecule has 1 aromatic rings. The second kappa shape index (κ2) is 7.65. The van der Waals surface area contributed by atoms with Crippen LogP contribution in [0.1, 0.15) is 43.0 Å². The highest BCUT2D eigenvalue weighted by molar-refractivity contribution is 9.10. The first-order valence-electron chi connectivity index (χ1n) is 6.90. The Morgan fingerprint density at radius 2 is 2.26 bits per heavy atom. The lowest BCUT2D eigenvalue weighted by Gasteiger charge is -2.27. The molecular formula is C15H20Br2O2. The number of hydrogen-bond acceptors (Lipinski definition) is 2. The minimum Gasteiger partial charge on any atom is -0.492 e. The molecule has 0 aromatic heterocycles. The average molecular weight is 392 g/mol. The molecule has 2 rings (SSSR count). The van der Waals surface area contributed by atoms with Gasteiger partial charge in [0.25, 0.3) is 0 Å².